The summed E-state index contributed by atoms with van der Waals surface area (Å²) in [5.41, 5.74) is 0.948. The van der Waals surface area contributed by atoms with Crippen molar-refractivity contribution in [2.75, 3.05) is 6.61 Å². The summed E-state index contributed by atoms with van der Waals surface area (Å²) in [6, 6.07) is 14.5. The van der Waals surface area contributed by atoms with E-state index in [0.29, 0.717) is 0 Å². The highest BCUT2D eigenvalue weighted by atomic mass is 32.2. The molecule has 0 aliphatic carbocycles. The first-order valence-corrected chi connectivity index (χ1v) is 11.9. The molecule has 33 heavy (non-hydrogen) atoms. The van der Waals surface area contributed by atoms with E-state index in [1.165, 1.54) is 19.1 Å². The number of benzene rings is 2. The minimum atomic E-state index is -4.22. The van der Waals surface area contributed by atoms with Crippen molar-refractivity contribution in [2.24, 2.45) is 0 Å². The van der Waals surface area contributed by atoms with Gasteiger partial charge in [0.1, 0.15) is 18.3 Å². The molecule has 1 amide bonds. The Kier molecular flexibility index (Phi) is 9.01. The second-order valence-electron chi connectivity index (χ2n) is 8.65. The van der Waals surface area contributed by atoms with Crippen molar-refractivity contribution >= 4 is 22.2 Å². The van der Waals surface area contributed by atoms with Gasteiger partial charge in [-0.1, -0.05) is 48.0 Å². The van der Waals surface area contributed by atoms with Crippen LogP contribution in [-0.4, -0.2) is 44.8 Å². The second-order valence-corrected chi connectivity index (χ2v) is 10.2. The van der Waals surface area contributed by atoms with Gasteiger partial charge in [0.2, 0.25) is 0 Å². The highest BCUT2D eigenvalue weighted by molar-refractivity contribution is 7.86. The maximum atomic E-state index is 13.0. The van der Waals surface area contributed by atoms with Gasteiger partial charge < -0.3 is 14.8 Å². The van der Waals surface area contributed by atoms with Gasteiger partial charge in [-0.15, -0.1) is 0 Å². The molecule has 9 heteroatoms. The first-order valence-electron chi connectivity index (χ1n) is 10.5. The molecule has 0 saturated heterocycles. The van der Waals surface area contributed by atoms with Crippen LogP contribution in [0.3, 0.4) is 0 Å². The van der Waals surface area contributed by atoms with Crippen LogP contribution in [-0.2, 0) is 35.0 Å². The molecule has 0 aliphatic rings. The zero-order valence-electron chi connectivity index (χ0n) is 19.5. The average molecular weight is 478 g/mol. The van der Waals surface area contributed by atoms with Gasteiger partial charge in [0.05, 0.1) is 10.9 Å². The number of alkyl carbamates (subject to hydrolysis) is 1. The summed E-state index contributed by atoms with van der Waals surface area (Å²) in [5.74, 6) is -0.605. The molecular formula is C24H31NO7S. The van der Waals surface area contributed by atoms with E-state index in [0.717, 1.165) is 11.1 Å². The Morgan fingerprint density at radius 1 is 1.00 bits per heavy atom. The van der Waals surface area contributed by atoms with E-state index in [1.54, 1.807) is 32.9 Å². The van der Waals surface area contributed by atoms with Crippen LogP contribution >= 0.6 is 0 Å². The summed E-state index contributed by atoms with van der Waals surface area (Å²) >= 11 is 0. The summed E-state index contributed by atoms with van der Waals surface area (Å²) in [6.07, 6.45) is -1.73. The molecule has 0 aliphatic heterocycles. The van der Waals surface area contributed by atoms with Crippen molar-refractivity contribution in [3.63, 3.8) is 0 Å². The van der Waals surface area contributed by atoms with Crippen LogP contribution in [0.5, 0.6) is 0 Å². The zero-order chi connectivity index (χ0) is 24.6. The van der Waals surface area contributed by atoms with Gasteiger partial charge in [-0.3, -0.25) is 8.98 Å². The fraction of sp³-hybridized carbons (Fsp3) is 0.417. The monoisotopic (exact) mass is 477 g/mol. The van der Waals surface area contributed by atoms with Gasteiger partial charge in [0, 0.05) is 6.92 Å². The van der Waals surface area contributed by atoms with Crippen LogP contribution in [0.1, 0.15) is 38.8 Å². The molecule has 2 rings (SSSR count). The number of rotatable bonds is 9. The molecule has 0 spiro atoms. The molecule has 2 aromatic rings. The van der Waals surface area contributed by atoms with E-state index >= 15 is 0 Å². The normalized spacial score (nSPS) is 13.6. The molecule has 8 nitrogen and oxygen atoms in total. The highest BCUT2D eigenvalue weighted by Crippen LogP contribution is 2.19. The SMILES string of the molecule is CC(=O)OCC(OS(=O)(=O)c1ccc(C)cc1)C(Cc1ccccc1)NC(=O)OC(C)(C)C. The van der Waals surface area contributed by atoms with Gasteiger partial charge >= 0.3 is 12.1 Å². The number of amides is 1. The predicted octanol–water partition coefficient (Wildman–Crippen LogP) is 3.77. The Labute approximate surface area is 195 Å². The quantitative estimate of drug-likeness (QED) is 0.433. The van der Waals surface area contributed by atoms with Crippen molar-refractivity contribution in [3.8, 4) is 0 Å². The fourth-order valence-corrected chi connectivity index (χ4v) is 4.03. The number of ether oxygens (including phenoxy) is 2. The predicted molar refractivity (Wildman–Crippen MR) is 123 cm³/mol. The fourth-order valence-electron chi connectivity index (χ4n) is 2.94. The number of aryl methyl sites for hydroxylation is 1. The van der Waals surface area contributed by atoms with E-state index in [2.05, 4.69) is 5.32 Å². The molecule has 0 aromatic heterocycles. The third-order valence-electron chi connectivity index (χ3n) is 4.46. The lowest BCUT2D eigenvalue weighted by Gasteiger charge is -2.29. The van der Waals surface area contributed by atoms with Crippen molar-refractivity contribution in [3.05, 3.63) is 65.7 Å². The van der Waals surface area contributed by atoms with Crippen molar-refractivity contribution in [1.82, 2.24) is 5.32 Å². The lowest BCUT2D eigenvalue weighted by atomic mass is 10.0. The van der Waals surface area contributed by atoms with Crippen LogP contribution in [0.2, 0.25) is 0 Å². The summed E-state index contributed by atoms with van der Waals surface area (Å²) in [4.78, 5) is 24.0. The minimum Gasteiger partial charge on any atom is -0.463 e. The van der Waals surface area contributed by atoms with E-state index < -0.39 is 39.9 Å². The lowest BCUT2D eigenvalue weighted by Crippen LogP contribution is -2.50. The second kappa shape index (κ2) is 11.3. The molecule has 2 atom stereocenters. The van der Waals surface area contributed by atoms with Crippen LogP contribution < -0.4 is 5.32 Å². The van der Waals surface area contributed by atoms with Gasteiger partial charge in [-0.2, -0.15) is 8.42 Å². The maximum absolute atomic E-state index is 13.0. The molecule has 1 N–H and O–H groups in total. The molecular weight excluding hydrogens is 446 g/mol. The van der Waals surface area contributed by atoms with E-state index in [1.807, 2.05) is 37.3 Å². The Morgan fingerprint density at radius 2 is 1.61 bits per heavy atom. The Bertz CT molecular complexity index is 1030. The third-order valence-corrected chi connectivity index (χ3v) is 5.81. The molecule has 0 bridgehead atoms. The molecule has 180 valence electrons. The number of carbonyl (C=O) groups is 2. The number of carbonyl (C=O) groups excluding carboxylic acids is 2. The van der Waals surface area contributed by atoms with Crippen molar-refractivity contribution < 1.29 is 31.7 Å². The molecule has 0 heterocycles. The maximum Gasteiger partial charge on any atom is 0.407 e. The van der Waals surface area contributed by atoms with E-state index in [4.69, 9.17) is 13.7 Å². The van der Waals surface area contributed by atoms with Crippen LogP contribution in [0, 0.1) is 6.92 Å². The van der Waals surface area contributed by atoms with E-state index in [-0.39, 0.29) is 17.9 Å². The first-order chi connectivity index (χ1) is 15.4. The molecule has 0 fully saturated rings. The summed E-state index contributed by atoms with van der Waals surface area (Å²) in [5, 5.41) is 2.69. The Hall–Kier alpha value is -2.91. The van der Waals surface area contributed by atoms with Crippen LogP contribution in [0.15, 0.2) is 59.5 Å². The number of hydrogen-bond acceptors (Lipinski definition) is 7. The average Bonchev–Trinajstić information content (AvgIpc) is 2.70. The number of esters is 1. The smallest absolute Gasteiger partial charge is 0.407 e. The minimum absolute atomic E-state index is 0.0448. The molecule has 2 unspecified atom stereocenters. The van der Waals surface area contributed by atoms with Crippen LogP contribution in [0.4, 0.5) is 4.79 Å². The van der Waals surface area contributed by atoms with Crippen molar-refractivity contribution in [1.29, 1.82) is 0 Å². The first kappa shape index (κ1) is 26.3. The molecule has 0 saturated carbocycles. The largest absolute Gasteiger partial charge is 0.463 e. The van der Waals surface area contributed by atoms with Gasteiger partial charge in [-0.25, -0.2) is 4.79 Å². The standard InChI is InChI=1S/C24H31NO7S/c1-17-11-13-20(14-12-17)33(28,29)32-22(16-30-18(2)26)21(15-19-9-7-6-8-10-19)25-23(27)31-24(3,4)5/h6-14,21-22H,15-16H2,1-5H3,(H,25,27). The number of nitrogens with one attached hydrogen (secondary N) is 1. The summed E-state index contributed by atoms with van der Waals surface area (Å²) in [6.45, 7) is 7.81. The summed E-state index contributed by atoms with van der Waals surface area (Å²) in [7, 11) is -4.22. The Balaban J connectivity index is 2.36. The lowest BCUT2D eigenvalue weighted by molar-refractivity contribution is -0.143. The third kappa shape index (κ3) is 9.23. The van der Waals surface area contributed by atoms with Crippen molar-refractivity contribution in [2.45, 2.75) is 63.7 Å². The zero-order valence-corrected chi connectivity index (χ0v) is 20.3. The number of hydrogen-bond donors (Lipinski definition) is 1. The van der Waals surface area contributed by atoms with Crippen LogP contribution in [0.25, 0.3) is 0 Å². The summed E-state index contributed by atoms with van der Waals surface area (Å²) < 4.78 is 41.9. The van der Waals surface area contributed by atoms with Gasteiger partial charge in [-0.05, 0) is 51.8 Å². The topological polar surface area (TPSA) is 108 Å². The van der Waals surface area contributed by atoms with E-state index in [9.17, 15) is 18.0 Å². The highest BCUT2D eigenvalue weighted by Gasteiger charge is 2.32. The van der Waals surface area contributed by atoms with Gasteiger partial charge in [0.25, 0.3) is 10.1 Å². The Morgan fingerprint density at radius 3 is 2.15 bits per heavy atom. The molecule has 0 radical (unpaired) electrons. The molecule has 2 aromatic carbocycles. The van der Waals surface area contributed by atoms with Gasteiger partial charge in [0.15, 0.2) is 0 Å².